The maximum atomic E-state index is 12.9. The van der Waals surface area contributed by atoms with E-state index in [1.165, 1.54) is 12.1 Å². The summed E-state index contributed by atoms with van der Waals surface area (Å²) in [4.78, 5) is 24.9. The second-order valence-corrected chi connectivity index (χ2v) is 6.93. The predicted molar refractivity (Wildman–Crippen MR) is 101 cm³/mol. The molecule has 2 heterocycles. The Morgan fingerprint density at radius 2 is 1.86 bits per heavy atom. The third kappa shape index (κ3) is 4.22. The molecule has 0 bridgehead atoms. The molecule has 2 aromatic rings. The monoisotopic (exact) mass is 412 g/mol. The van der Waals surface area contributed by atoms with Crippen LogP contribution in [0.15, 0.2) is 24.3 Å². The number of amides is 1. The van der Waals surface area contributed by atoms with Crippen LogP contribution in [0.2, 0.25) is 5.15 Å². The molecule has 0 atom stereocenters. The molecule has 0 spiro atoms. The van der Waals surface area contributed by atoms with E-state index in [0.717, 1.165) is 23.5 Å². The van der Waals surface area contributed by atoms with E-state index in [1.807, 2.05) is 11.8 Å². The van der Waals surface area contributed by atoms with Crippen LogP contribution in [0.4, 0.5) is 19.0 Å². The Hall–Kier alpha value is -2.35. The molecule has 1 aliphatic heterocycles. The molecule has 0 aliphatic carbocycles. The standard InChI is InChI=1S/C19H20ClF3N4O/c1-3-15-16(20)24-12(2)25-17(15)26-7-9-27(10-8-26)18(28)13-5-4-6-14(11-13)19(21,22)23/h4-6,11H,3,7-10H2,1-2H3. The second-order valence-electron chi connectivity index (χ2n) is 6.58. The van der Waals surface area contributed by atoms with Gasteiger partial charge in [-0.05, 0) is 31.5 Å². The van der Waals surface area contributed by atoms with Gasteiger partial charge in [0.1, 0.15) is 16.8 Å². The number of aryl methyl sites for hydroxylation is 1. The number of alkyl halides is 3. The molecule has 1 aliphatic rings. The van der Waals surface area contributed by atoms with E-state index >= 15 is 0 Å². The van der Waals surface area contributed by atoms with Crippen LogP contribution in [0.3, 0.4) is 0 Å². The van der Waals surface area contributed by atoms with Gasteiger partial charge in [-0.15, -0.1) is 0 Å². The summed E-state index contributed by atoms with van der Waals surface area (Å²) in [5.41, 5.74) is 0.0686. The number of carbonyl (C=O) groups is 1. The first-order chi connectivity index (χ1) is 13.2. The summed E-state index contributed by atoms with van der Waals surface area (Å²) in [6.07, 6.45) is -3.80. The SMILES string of the molecule is CCc1c(Cl)nc(C)nc1N1CCN(C(=O)c2cccc(C(F)(F)F)c2)CC1. The fourth-order valence-corrected chi connectivity index (χ4v) is 3.59. The Morgan fingerprint density at radius 3 is 2.46 bits per heavy atom. The highest BCUT2D eigenvalue weighted by Crippen LogP contribution is 2.30. The van der Waals surface area contributed by atoms with E-state index in [1.54, 1.807) is 11.8 Å². The van der Waals surface area contributed by atoms with Gasteiger partial charge in [0, 0.05) is 37.3 Å². The summed E-state index contributed by atoms with van der Waals surface area (Å²) in [7, 11) is 0. The summed E-state index contributed by atoms with van der Waals surface area (Å²) >= 11 is 6.23. The van der Waals surface area contributed by atoms with Crippen molar-refractivity contribution in [2.45, 2.75) is 26.4 Å². The van der Waals surface area contributed by atoms with Gasteiger partial charge in [-0.1, -0.05) is 24.6 Å². The molecule has 5 nitrogen and oxygen atoms in total. The molecule has 0 N–H and O–H groups in total. The Morgan fingerprint density at radius 1 is 1.18 bits per heavy atom. The van der Waals surface area contributed by atoms with E-state index < -0.39 is 17.6 Å². The molecule has 0 radical (unpaired) electrons. The lowest BCUT2D eigenvalue weighted by molar-refractivity contribution is -0.137. The summed E-state index contributed by atoms with van der Waals surface area (Å²) in [5, 5.41) is 0.424. The maximum absolute atomic E-state index is 12.9. The summed E-state index contributed by atoms with van der Waals surface area (Å²) < 4.78 is 38.7. The summed E-state index contributed by atoms with van der Waals surface area (Å²) in [6, 6.07) is 4.53. The lowest BCUT2D eigenvalue weighted by atomic mass is 10.1. The smallest absolute Gasteiger partial charge is 0.353 e. The average Bonchev–Trinajstić information content (AvgIpc) is 2.66. The number of anilines is 1. The maximum Gasteiger partial charge on any atom is 0.416 e. The van der Waals surface area contributed by atoms with Crippen LogP contribution in [0, 0.1) is 6.92 Å². The Kier molecular flexibility index (Phi) is 5.79. The van der Waals surface area contributed by atoms with Gasteiger partial charge in [0.05, 0.1) is 5.56 Å². The van der Waals surface area contributed by atoms with Crippen molar-refractivity contribution in [3.8, 4) is 0 Å². The first-order valence-corrected chi connectivity index (χ1v) is 9.33. The van der Waals surface area contributed by atoms with Crippen LogP contribution in [0.1, 0.15) is 34.2 Å². The molecule has 1 amide bonds. The Labute approximate surface area is 166 Å². The zero-order valence-corrected chi connectivity index (χ0v) is 16.3. The van der Waals surface area contributed by atoms with Gasteiger partial charge < -0.3 is 9.80 Å². The van der Waals surface area contributed by atoms with Gasteiger partial charge in [-0.3, -0.25) is 4.79 Å². The van der Waals surface area contributed by atoms with Gasteiger partial charge in [-0.2, -0.15) is 13.2 Å². The van der Waals surface area contributed by atoms with Gasteiger partial charge in [-0.25, -0.2) is 9.97 Å². The average molecular weight is 413 g/mol. The van der Waals surface area contributed by atoms with Crippen LogP contribution in [0.25, 0.3) is 0 Å². The largest absolute Gasteiger partial charge is 0.416 e. The minimum atomic E-state index is -4.48. The molecular formula is C19H20ClF3N4O. The fourth-order valence-electron chi connectivity index (χ4n) is 3.25. The number of nitrogens with zero attached hydrogens (tertiary/aromatic N) is 4. The minimum Gasteiger partial charge on any atom is -0.353 e. The summed E-state index contributed by atoms with van der Waals surface area (Å²) in [5.74, 6) is 0.921. The lowest BCUT2D eigenvalue weighted by Crippen LogP contribution is -2.49. The van der Waals surface area contributed by atoms with Crippen molar-refractivity contribution < 1.29 is 18.0 Å². The minimum absolute atomic E-state index is 0.0402. The molecule has 1 fully saturated rings. The van der Waals surface area contributed by atoms with Crippen LogP contribution < -0.4 is 4.90 Å². The first-order valence-electron chi connectivity index (χ1n) is 8.95. The highest BCUT2D eigenvalue weighted by molar-refractivity contribution is 6.30. The van der Waals surface area contributed by atoms with Gasteiger partial charge in [0.15, 0.2) is 0 Å². The molecule has 3 rings (SSSR count). The van der Waals surface area contributed by atoms with Gasteiger partial charge in [0.25, 0.3) is 5.91 Å². The van der Waals surface area contributed by atoms with E-state index in [9.17, 15) is 18.0 Å². The third-order valence-electron chi connectivity index (χ3n) is 4.70. The number of benzene rings is 1. The van der Waals surface area contributed by atoms with Gasteiger partial charge >= 0.3 is 6.18 Å². The molecule has 1 aromatic heterocycles. The number of aromatic nitrogens is 2. The van der Waals surface area contributed by atoms with Crippen molar-refractivity contribution in [3.05, 3.63) is 51.9 Å². The predicted octanol–water partition coefficient (Wildman–Crippen LogP) is 3.98. The van der Waals surface area contributed by atoms with E-state index in [4.69, 9.17) is 11.6 Å². The molecule has 150 valence electrons. The summed E-state index contributed by atoms with van der Waals surface area (Å²) in [6.45, 7) is 5.55. The van der Waals surface area contributed by atoms with E-state index in [2.05, 4.69) is 9.97 Å². The quantitative estimate of drug-likeness (QED) is 0.715. The highest BCUT2D eigenvalue weighted by atomic mass is 35.5. The van der Waals surface area contributed by atoms with Crippen LogP contribution >= 0.6 is 11.6 Å². The molecule has 9 heteroatoms. The number of hydrogen-bond acceptors (Lipinski definition) is 4. The normalized spacial score (nSPS) is 15.1. The van der Waals surface area contributed by atoms with E-state index in [0.29, 0.717) is 43.6 Å². The van der Waals surface area contributed by atoms with Crippen molar-refractivity contribution in [1.29, 1.82) is 0 Å². The van der Waals surface area contributed by atoms with Crippen molar-refractivity contribution in [1.82, 2.24) is 14.9 Å². The molecule has 1 aromatic carbocycles. The zero-order valence-electron chi connectivity index (χ0n) is 15.6. The number of rotatable bonds is 3. The molecule has 0 saturated carbocycles. The third-order valence-corrected chi connectivity index (χ3v) is 5.02. The molecular weight excluding hydrogens is 393 g/mol. The highest BCUT2D eigenvalue weighted by Gasteiger charge is 2.32. The van der Waals surface area contributed by atoms with Crippen molar-refractivity contribution in [2.24, 2.45) is 0 Å². The van der Waals surface area contributed by atoms with Crippen molar-refractivity contribution >= 4 is 23.3 Å². The zero-order chi connectivity index (χ0) is 20.5. The number of hydrogen-bond donors (Lipinski definition) is 0. The van der Waals surface area contributed by atoms with Gasteiger partial charge in [0.2, 0.25) is 0 Å². The van der Waals surface area contributed by atoms with Crippen LogP contribution in [-0.4, -0.2) is 47.0 Å². The molecule has 0 unspecified atom stereocenters. The number of carbonyl (C=O) groups excluding carboxylic acids is 1. The van der Waals surface area contributed by atoms with Crippen LogP contribution in [0.5, 0.6) is 0 Å². The number of piperazine rings is 1. The van der Waals surface area contributed by atoms with Crippen molar-refractivity contribution in [3.63, 3.8) is 0 Å². The Balaban J connectivity index is 1.74. The molecule has 28 heavy (non-hydrogen) atoms. The lowest BCUT2D eigenvalue weighted by Gasteiger charge is -2.36. The van der Waals surface area contributed by atoms with Crippen LogP contribution in [-0.2, 0) is 12.6 Å². The first kappa shape index (κ1) is 20.4. The van der Waals surface area contributed by atoms with Crippen molar-refractivity contribution in [2.75, 3.05) is 31.1 Å². The number of halogens is 4. The van der Waals surface area contributed by atoms with E-state index in [-0.39, 0.29) is 5.56 Å². The second kappa shape index (κ2) is 7.95. The fraction of sp³-hybridized carbons (Fsp3) is 0.421. The topological polar surface area (TPSA) is 49.3 Å². The molecule has 1 saturated heterocycles. The Bertz CT molecular complexity index is 880.